The van der Waals surface area contributed by atoms with E-state index in [1.54, 1.807) is 0 Å². The number of nitrogens with zero attached hydrogens (tertiary/aromatic N) is 1. The number of aromatic carboxylic acids is 1. The van der Waals surface area contributed by atoms with Gasteiger partial charge in [0.1, 0.15) is 5.82 Å². The Morgan fingerprint density at radius 2 is 2.22 bits per heavy atom. The van der Waals surface area contributed by atoms with Gasteiger partial charge in [0, 0.05) is 24.9 Å². The minimum atomic E-state index is -1.03. The quantitative estimate of drug-likeness (QED) is 0.750. The van der Waals surface area contributed by atoms with E-state index in [9.17, 15) is 4.79 Å². The van der Waals surface area contributed by atoms with Gasteiger partial charge in [-0.25, -0.2) is 9.78 Å². The molecule has 0 spiro atoms. The zero-order valence-electron chi connectivity index (χ0n) is 10.3. The van der Waals surface area contributed by atoms with E-state index in [1.165, 1.54) is 12.3 Å². The van der Waals surface area contributed by atoms with Gasteiger partial charge < -0.3 is 20.9 Å². The Labute approximate surface area is 105 Å². The Hall–Kier alpha value is -1.82. The number of carbonyl (C=O) groups is 1. The van der Waals surface area contributed by atoms with Crippen molar-refractivity contribution in [3.05, 3.63) is 17.8 Å². The van der Waals surface area contributed by atoms with Crippen molar-refractivity contribution >= 4 is 17.5 Å². The minimum absolute atomic E-state index is 0.0928. The Kier molecular flexibility index (Phi) is 3.38. The minimum Gasteiger partial charge on any atom is -0.478 e. The van der Waals surface area contributed by atoms with E-state index in [-0.39, 0.29) is 11.1 Å². The fourth-order valence-electron chi connectivity index (χ4n) is 1.94. The predicted molar refractivity (Wildman–Crippen MR) is 67.7 cm³/mol. The summed E-state index contributed by atoms with van der Waals surface area (Å²) < 4.78 is 5.31. The smallest absolute Gasteiger partial charge is 0.337 e. The first-order valence-corrected chi connectivity index (χ1v) is 5.85. The normalized spacial score (nSPS) is 18.3. The zero-order valence-corrected chi connectivity index (χ0v) is 10.3. The van der Waals surface area contributed by atoms with Crippen molar-refractivity contribution in [2.75, 3.05) is 24.3 Å². The molecule has 0 bridgehead atoms. The number of carboxylic acids is 1. The second kappa shape index (κ2) is 4.81. The van der Waals surface area contributed by atoms with Crippen LogP contribution in [0.3, 0.4) is 0 Å². The first kappa shape index (κ1) is 12.6. The van der Waals surface area contributed by atoms with Gasteiger partial charge in [0.2, 0.25) is 0 Å². The number of rotatable bonds is 3. The Morgan fingerprint density at radius 3 is 2.78 bits per heavy atom. The summed E-state index contributed by atoms with van der Waals surface area (Å²) in [5.74, 6) is -0.498. The predicted octanol–water partition coefficient (Wildman–Crippen LogP) is 1.34. The van der Waals surface area contributed by atoms with Gasteiger partial charge in [-0.05, 0) is 25.8 Å². The average molecular weight is 251 g/mol. The summed E-state index contributed by atoms with van der Waals surface area (Å²) >= 11 is 0. The molecule has 2 rings (SSSR count). The SMILES string of the molecule is CC1(Nc2ncc(C(=O)O)cc2N)CCOCC1. The van der Waals surface area contributed by atoms with Crippen LogP contribution in [0.15, 0.2) is 12.3 Å². The summed E-state index contributed by atoms with van der Waals surface area (Å²) in [5.41, 5.74) is 6.15. The van der Waals surface area contributed by atoms with Gasteiger partial charge in [0.15, 0.2) is 0 Å². The van der Waals surface area contributed by atoms with E-state index in [2.05, 4.69) is 17.2 Å². The molecule has 1 fully saturated rings. The van der Waals surface area contributed by atoms with Crippen LogP contribution in [0.2, 0.25) is 0 Å². The number of nitrogen functional groups attached to an aromatic ring is 1. The van der Waals surface area contributed by atoms with Crippen LogP contribution in [-0.4, -0.2) is 34.8 Å². The molecule has 6 nitrogen and oxygen atoms in total. The maximum atomic E-state index is 10.8. The number of nitrogens with two attached hydrogens (primary N) is 1. The van der Waals surface area contributed by atoms with Gasteiger partial charge in [-0.2, -0.15) is 0 Å². The van der Waals surface area contributed by atoms with E-state index in [0.717, 1.165) is 12.8 Å². The molecule has 0 saturated carbocycles. The fourth-order valence-corrected chi connectivity index (χ4v) is 1.94. The lowest BCUT2D eigenvalue weighted by Crippen LogP contribution is -2.41. The molecule has 0 atom stereocenters. The molecule has 0 aliphatic carbocycles. The third-order valence-corrected chi connectivity index (χ3v) is 3.18. The number of hydrogen-bond acceptors (Lipinski definition) is 5. The van der Waals surface area contributed by atoms with Crippen LogP contribution in [0.5, 0.6) is 0 Å². The van der Waals surface area contributed by atoms with Crippen LogP contribution in [0, 0.1) is 0 Å². The summed E-state index contributed by atoms with van der Waals surface area (Å²) in [4.78, 5) is 14.9. The number of pyridine rings is 1. The van der Waals surface area contributed by atoms with Crippen molar-refractivity contribution in [1.29, 1.82) is 0 Å². The number of aromatic nitrogens is 1. The Morgan fingerprint density at radius 1 is 1.56 bits per heavy atom. The van der Waals surface area contributed by atoms with Crippen molar-refractivity contribution in [2.24, 2.45) is 0 Å². The third kappa shape index (κ3) is 2.70. The lowest BCUT2D eigenvalue weighted by atomic mass is 9.92. The molecule has 0 amide bonds. The van der Waals surface area contributed by atoms with Crippen LogP contribution < -0.4 is 11.1 Å². The molecule has 1 aliphatic rings. The average Bonchev–Trinajstić information content (AvgIpc) is 2.32. The van der Waals surface area contributed by atoms with Crippen molar-refractivity contribution < 1.29 is 14.6 Å². The lowest BCUT2D eigenvalue weighted by molar-refractivity contribution is 0.0657. The summed E-state index contributed by atoms with van der Waals surface area (Å²) in [6, 6.07) is 1.42. The number of hydrogen-bond donors (Lipinski definition) is 3. The van der Waals surface area contributed by atoms with E-state index in [4.69, 9.17) is 15.6 Å². The maximum Gasteiger partial charge on any atom is 0.337 e. The zero-order chi connectivity index (χ0) is 13.2. The van der Waals surface area contributed by atoms with Gasteiger partial charge in [0.05, 0.1) is 11.3 Å². The second-order valence-electron chi connectivity index (χ2n) is 4.77. The van der Waals surface area contributed by atoms with Gasteiger partial charge in [-0.1, -0.05) is 0 Å². The van der Waals surface area contributed by atoms with E-state index < -0.39 is 5.97 Å². The molecule has 0 unspecified atom stereocenters. The molecule has 1 aromatic heterocycles. The van der Waals surface area contributed by atoms with Crippen LogP contribution in [0.1, 0.15) is 30.1 Å². The highest BCUT2D eigenvalue weighted by Gasteiger charge is 2.28. The molecular weight excluding hydrogens is 234 g/mol. The number of anilines is 2. The van der Waals surface area contributed by atoms with Crippen molar-refractivity contribution in [3.8, 4) is 0 Å². The van der Waals surface area contributed by atoms with E-state index in [0.29, 0.717) is 24.7 Å². The first-order chi connectivity index (χ1) is 8.50. The number of carboxylic acid groups (broad SMARTS) is 1. The monoisotopic (exact) mass is 251 g/mol. The van der Waals surface area contributed by atoms with Crippen LogP contribution in [-0.2, 0) is 4.74 Å². The van der Waals surface area contributed by atoms with Crippen molar-refractivity contribution in [2.45, 2.75) is 25.3 Å². The van der Waals surface area contributed by atoms with Gasteiger partial charge >= 0.3 is 5.97 Å². The molecule has 1 saturated heterocycles. The fraction of sp³-hybridized carbons (Fsp3) is 0.500. The molecule has 98 valence electrons. The largest absolute Gasteiger partial charge is 0.478 e. The third-order valence-electron chi connectivity index (χ3n) is 3.18. The van der Waals surface area contributed by atoms with Crippen molar-refractivity contribution in [3.63, 3.8) is 0 Å². The molecule has 18 heavy (non-hydrogen) atoms. The molecule has 4 N–H and O–H groups in total. The standard InChI is InChI=1S/C12H17N3O3/c1-12(2-4-18-5-3-12)15-10-9(13)6-8(7-14-10)11(16)17/h6-7H,2-5,13H2,1H3,(H,14,15)(H,16,17). The maximum absolute atomic E-state index is 10.8. The topological polar surface area (TPSA) is 97.5 Å². The second-order valence-corrected chi connectivity index (χ2v) is 4.77. The van der Waals surface area contributed by atoms with Crippen LogP contribution in [0.25, 0.3) is 0 Å². The molecule has 0 aromatic carbocycles. The van der Waals surface area contributed by atoms with E-state index in [1.807, 2.05) is 0 Å². The summed E-state index contributed by atoms with van der Waals surface area (Å²) in [5, 5.41) is 12.1. The van der Waals surface area contributed by atoms with E-state index >= 15 is 0 Å². The highest BCUT2D eigenvalue weighted by molar-refractivity contribution is 5.89. The number of nitrogens with one attached hydrogen (secondary N) is 1. The number of ether oxygens (including phenoxy) is 1. The lowest BCUT2D eigenvalue weighted by Gasteiger charge is -2.35. The summed E-state index contributed by atoms with van der Waals surface area (Å²) in [7, 11) is 0. The molecule has 1 aliphatic heterocycles. The Bertz CT molecular complexity index is 456. The molecule has 0 radical (unpaired) electrons. The molecule has 1 aromatic rings. The van der Waals surface area contributed by atoms with Crippen molar-refractivity contribution in [1.82, 2.24) is 4.98 Å². The highest BCUT2D eigenvalue weighted by Crippen LogP contribution is 2.27. The first-order valence-electron chi connectivity index (χ1n) is 5.85. The van der Waals surface area contributed by atoms with Crippen LogP contribution >= 0.6 is 0 Å². The molecule has 2 heterocycles. The molecule has 6 heteroatoms. The summed E-state index contributed by atoms with van der Waals surface area (Å²) in [6.07, 6.45) is 3.05. The van der Waals surface area contributed by atoms with Gasteiger partial charge in [-0.3, -0.25) is 0 Å². The van der Waals surface area contributed by atoms with Gasteiger partial charge in [-0.15, -0.1) is 0 Å². The molecular formula is C12H17N3O3. The highest BCUT2D eigenvalue weighted by atomic mass is 16.5. The van der Waals surface area contributed by atoms with Gasteiger partial charge in [0.25, 0.3) is 0 Å². The summed E-state index contributed by atoms with van der Waals surface area (Å²) in [6.45, 7) is 3.50. The Balaban J connectivity index is 2.16. The van der Waals surface area contributed by atoms with Crippen LogP contribution in [0.4, 0.5) is 11.5 Å².